The quantitative estimate of drug-likeness (QED) is 0.495. The van der Waals surface area contributed by atoms with E-state index in [0.717, 1.165) is 11.1 Å². The minimum Gasteiger partial charge on any atom is -0.394 e. The van der Waals surface area contributed by atoms with Gasteiger partial charge in [-0.1, -0.05) is 23.7 Å². The summed E-state index contributed by atoms with van der Waals surface area (Å²) in [6.07, 6.45) is -1.36. The maximum absolute atomic E-state index is 10.3. The third-order valence-electron chi connectivity index (χ3n) is 4.94. The van der Waals surface area contributed by atoms with Crippen LogP contribution in [0.3, 0.4) is 0 Å². The molecule has 1 unspecified atom stereocenters. The van der Waals surface area contributed by atoms with Gasteiger partial charge in [0.05, 0.1) is 12.9 Å². The molecule has 0 aliphatic carbocycles. The van der Waals surface area contributed by atoms with Crippen LogP contribution in [0.15, 0.2) is 30.9 Å². The summed E-state index contributed by atoms with van der Waals surface area (Å²) in [7, 11) is 0. The predicted octanol–water partition coefficient (Wildman–Crippen LogP) is 1.01. The van der Waals surface area contributed by atoms with Gasteiger partial charge < -0.3 is 25.4 Å². The summed E-state index contributed by atoms with van der Waals surface area (Å²) in [6.45, 7) is 2.04. The van der Waals surface area contributed by atoms with E-state index in [0.29, 0.717) is 28.5 Å². The first-order chi connectivity index (χ1) is 13.5. The number of benzene rings is 1. The van der Waals surface area contributed by atoms with Gasteiger partial charge in [0.2, 0.25) is 0 Å². The number of aryl methyl sites for hydroxylation is 1. The van der Waals surface area contributed by atoms with Crippen LogP contribution in [-0.2, 0) is 11.3 Å². The van der Waals surface area contributed by atoms with Gasteiger partial charge in [-0.3, -0.25) is 4.57 Å². The predicted molar refractivity (Wildman–Crippen MR) is 102 cm³/mol. The molecule has 10 heteroatoms. The van der Waals surface area contributed by atoms with Crippen LogP contribution in [0.1, 0.15) is 17.4 Å². The highest BCUT2D eigenvalue weighted by Crippen LogP contribution is 2.32. The second-order valence-corrected chi connectivity index (χ2v) is 7.07. The number of imidazole rings is 1. The van der Waals surface area contributed by atoms with E-state index in [1.165, 1.54) is 17.2 Å². The Morgan fingerprint density at radius 1 is 1.21 bits per heavy atom. The summed E-state index contributed by atoms with van der Waals surface area (Å²) in [5, 5.41) is 33.4. The SMILES string of the molecule is Cc1cccc(Cl)c1CNc1ncnc2c1ncn2C1O[C@H](CO)[C@@H](O)[C@H]1O. The Kier molecular flexibility index (Phi) is 5.17. The molecule has 4 N–H and O–H groups in total. The number of fused-ring (bicyclic) bond motifs is 1. The molecule has 1 aliphatic rings. The van der Waals surface area contributed by atoms with Crippen molar-refractivity contribution in [1.82, 2.24) is 19.5 Å². The number of nitrogens with one attached hydrogen (secondary N) is 1. The average molecular weight is 406 g/mol. The molecule has 0 amide bonds. The highest BCUT2D eigenvalue weighted by molar-refractivity contribution is 6.31. The Hall–Kier alpha value is -2.30. The number of aliphatic hydroxyl groups excluding tert-OH is 3. The van der Waals surface area contributed by atoms with Crippen molar-refractivity contribution in [1.29, 1.82) is 0 Å². The third kappa shape index (κ3) is 3.21. The molecule has 0 saturated carbocycles. The molecule has 0 radical (unpaired) electrons. The molecule has 148 valence electrons. The first kappa shape index (κ1) is 19.0. The van der Waals surface area contributed by atoms with Crippen molar-refractivity contribution in [3.8, 4) is 0 Å². The van der Waals surface area contributed by atoms with Crippen molar-refractivity contribution in [2.75, 3.05) is 11.9 Å². The van der Waals surface area contributed by atoms with Gasteiger partial charge in [-0.15, -0.1) is 0 Å². The van der Waals surface area contributed by atoms with Crippen molar-refractivity contribution in [2.24, 2.45) is 0 Å². The average Bonchev–Trinajstić information content (AvgIpc) is 3.23. The Bertz CT molecular complexity index is 977. The van der Waals surface area contributed by atoms with Crippen molar-refractivity contribution >= 4 is 28.6 Å². The molecule has 0 bridgehead atoms. The zero-order valence-electron chi connectivity index (χ0n) is 15.0. The molecule has 0 spiro atoms. The monoisotopic (exact) mass is 405 g/mol. The molecular formula is C18H20ClN5O4. The number of hydrogen-bond donors (Lipinski definition) is 4. The van der Waals surface area contributed by atoms with Crippen molar-refractivity contribution in [2.45, 2.75) is 38.0 Å². The lowest BCUT2D eigenvalue weighted by Crippen LogP contribution is -2.33. The molecule has 1 aromatic carbocycles. The van der Waals surface area contributed by atoms with E-state index in [1.807, 2.05) is 25.1 Å². The van der Waals surface area contributed by atoms with Gasteiger partial charge >= 0.3 is 0 Å². The molecule has 2 aromatic heterocycles. The van der Waals surface area contributed by atoms with Gasteiger partial charge in [-0.25, -0.2) is 15.0 Å². The van der Waals surface area contributed by atoms with Crippen LogP contribution in [-0.4, -0.2) is 59.8 Å². The minimum absolute atomic E-state index is 0.402. The summed E-state index contributed by atoms with van der Waals surface area (Å²) >= 11 is 6.28. The third-order valence-corrected chi connectivity index (χ3v) is 5.29. The molecule has 3 heterocycles. The Morgan fingerprint density at radius 3 is 2.75 bits per heavy atom. The molecule has 3 aromatic rings. The molecule has 1 aliphatic heterocycles. The standard InChI is InChI=1S/C18H20ClN5O4/c1-9-3-2-4-11(19)10(9)5-20-16-13-17(22-7-21-16)24(8-23-13)18-15(27)14(26)12(6-25)28-18/h2-4,7-8,12,14-15,18,25-27H,5-6H2,1H3,(H,20,21,22)/t12-,14-,15-,18?/m1/s1. The fraction of sp³-hybridized carbons (Fsp3) is 0.389. The van der Waals surface area contributed by atoms with Crippen LogP contribution in [0.25, 0.3) is 11.2 Å². The highest BCUT2D eigenvalue weighted by atomic mass is 35.5. The van der Waals surface area contributed by atoms with E-state index < -0.39 is 31.1 Å². The molecule has 1 fully saturated rings. The summed E-state index contributed by atoms with van der Waals surface area (Å²) in [5.41, 5.74) is 2.94. The largest absolute Gasteiger partial charge is 0.394 e. The second kappa shape index (κ2) is 7.61. The van der Waals surface area contributed by atoms with Crippen LogP contribution in [0.5, 0.6) is 0 Å². The van der Waals surface area contributed by atoms with E-state index in [2.05, 4.69) is 20.3 Å². The Labute approximate surface area is 165 Å². The van der Waals surface area contributed by atoms with E-state index in [4.69, 9.17) is 16.3 Å². The molecule has 4 rings (SSSR count). The number of aliphatic hydroxyl groups is 3. The van der Waals surface area contributed by atoms with E-state index in [9.17, 15) is 15.3 Å². The summed E-state index contributed by atoms with van der Waals surface area (Å²) in [5.74, 6) is 0.509. The summed E-state index contributed by atoms with van der Waals surface area (Å²) in [6, 6.07) is 5.71. The first-order valence-corrected chi connectivity index (χ1v) is 9.17. The topological polar surface area (TPSA) is 126 Å². The summed E-state index contributed by atoms with van der Waals surface area (Å²) < 4.78 is 7.08. The number of ether oxygens (including phenoxy) is 1. The molecule has 28 heavy (non-hydrogen) atoms. The lowest BCUT2D eigenvalue weighted by molar-refractivity contribution is -0.0511. The first-order valence-electron chi connectivity index (χ1n) is 8.79. The minimum atomic E-state index is -1.22. The number of nitrogens with zero attached hydrogens (tertiary/aromatic N) is 4. The van der Waals surface area contributed by atoms with Gasteiger partial charge in [-0.05, 0) is 24.1 Å². The Balaban J connectivity index is 1.62. The normalized spacial score (nSPS) is 24.8. The van der Waals surface area contributed by atoms with Crippen molar-refractivity contribution in [3.05, 3.63) is 47.0 Å². The molecular weight excluding hydrogens is 386 g/mol. The van der Waals surface area contributed by atoms with Crippen LogP contribution >= 0.6 is 11.6 Å². The van der Waals surface area contributed by atoms with Gasteiger partial charge in [-0.2, -0.15) is 0 Å². The number of halogens is 1. The van der Waals surface area contributed by atoms with E-state index in [1.54, 1.807) is 0 Å². The lowest BCUT2D eigenvalue weighted by atomic mass is 10.1. The van der Waals surface area contributed by atoms with Crippen LogP contribution in [0.4, 0.5) is 5.82 Å². The van der Waals surface area contributed by atoms with Gasteiger partial charge in [0.1, 0.15) is 24.6 Å². The lowest BCUT2D eigenvalue weighted by Gasteiger charge is -2.16. The summed E-state index contributed by atoms with van der Waals surface area (Å²) in [4.78, 5) is 12.8. The maximum Gasteiger partial charge on any atom is 0.167 e. The second-order valence-electron chi connectivity index (χ2n) is 6.66. The van der Waals surface area contributed by atoms with Crippen molar-refractivity contribution < 1.29 is 20.1 Å². The zero-order chi connectivity index (χ0) is 19.8. The van der Waals surface area contributed by atoms with Crippen LogP contribution in [0.2, 0.25) is 5.02 Å². The number of aromatic nitrogens is 4. The molecule has 1 saturated heterocycles. The fourth-order valence-electron chi connectivity index (χ4n) is 3.34. The fourth-order valence-corrected chi connectivity index (χ4v) is 3.63. The number of hydrogen-bond acceptors (Lipinski definition) is 8. The molecule has 4 atom stereocenters. The zero-order valence-corrected chi connectivity index (χ0v) is 15.8. The van der Waals surface area contributed by atoms with Crippen molar-refractivity contribution in [3.63, 3.8) is 0 Å². The van der Waals surface area contributed by atoms with E-state index >= 15 is 0 Å². The van der Waals surface area contributed by atoms with Crippen LogP contribution < -0.4 is 5.32 Å². The highest BCUT2D eigenvalue weighted by Gasteiger charge is 2.44. The van der Waals surface area contributed by atoms with Crippen LogP contribution in [0, 0.1) is 6.92 Å². The smallest absolute Gasteiger partial charge is 0.167 e. The molecule has 9 nitrogen and oxygen atoms in total. The maximum atomic E-state index is 10.3. The number of rotatable bonds is 5. The van der Waals surface area contributed by atoms with Gasteiger partial charge in [0.15, 0.2) is 23.2 Å². The number of anilines is 1. The van der Waals surface area contributed by atoms with E-state index in [-0.39, 0.29) is 0 Å². The Morgan fingerprint density at radius 2 is 2.04 bits per heavy atom. The van der Waals surface area contributed by atoms with Gasteiger partial charge in [0.25, 0.3) is 0 Å². The van der Waals surface area contributed by atoms with Gasteiger partial charge in [0, 0.05) is 11.6 Å².